The zero-order valence-corrected chi connectivity index (χ0v) is 11.2. The van der Waals surface area contributed by atoms with Gasteiger partial charge in [0.1, 0.15) is 0 Å². The maximum atomic E-state index is 9.34. The molecule has 0 amide bonds. The van der Waals surface area contributed by atoms with Crippen LogP contribution in [0.25, 0.3) is 0 Å². The Kier molecular flexibility index (Phi) is 3.58. The molecule has 4 heteroatoms. The minimum atomic E-state index is 0.0999. The second kappa shape index (κ2) is 5.53. The van der Waals surface area contributed by atoms with Crippen molar-refractivity contribution in [1.82, 2.24) is 0 Å². The molecule has 0 aliphatic carbocycles. The van der Waals surface area contributed by atoms with Gasteiger partial charge in [-0.3, -0.25) is 0 Å². The molecule has 2 aromatic carbocycles. The van der Waals surface area contributed by atoms with E-state index in [0.29, 0.717) is 13.1 Å². The third kappa shape index (κ3) is 2.03. The number of fused-ring (bicyclic) bond motifs is 2. The minimum absolute atomic E-state index is 0.0999. The number of para-hydroxylation sites is 4. The molecular weight excluding hydrogens is 252 g/mol. The van der Waals surface area contributed by atoms with E-state index in [1.807, 2.05) is 48.5 Å². The van der Waals surface area contributed by atoms with Crippen molar-refractivity contribution in [2.75, 3.05) is 36.1 Å². The van der Waals surface area contributed by atoms with Crippen LogP contribution in [-0.2, 0) is 0 Å². The van der Waals surface area contributed by atoms with Gasteiger partial charge in [0.25, 0.3) is 0 Å². The van der Waals surface area contributed by atoms with Crippen LogP contribution in [0.3, 0.4) is 0 Å². The standard InChI is InChI=1S/C16H18N2O2/c19-11-9-17-13-5-1-2-6-14(13)18(10-12-20)16-8-4-3-7-15(16)17/h1-8,19-20H,9-12H2. The van der Waals surface area contributed by atoms with Crippen LogP contribution in [-0.4, -0.2) is 36.5 Å². The largest absolute Gasteiger partial charge is 0.395 e. The summed E-state index contributed by atoms with van der Waals surface area (Å²) in [5.41, 5.74) is 4.25. The first kappa shape index (κ1) is 13.0. The first-order valence-corrected chi connectivity index (χ1v) is 6.81. The van der Waals surface area contributed by atoms with E-state index in [4.69, 9.17) is 0 Å². The van der Waals surface area contributed by atoms with Crippen molar-refractivity contribution in [2.24, 2.45) is 0 Å². The Hall–Kier alpha value is -2.04. The van der Waals surface area contributed by atoms with Crippen LogP contribution in [0.15, 0.2) is 48.5 Å². The van der Waals surface area contributed by atoms with Crippen LogP contribution in [0.5, 0.6) is 0 Å². The molecular formula is C16H18N2O2. The van der Waals surface area contributed by atoms with Crippen molar-refractivity contribution < 1.29 is 10.2 Å². The maximum Gasteiger partial charge on any atom is 0.0653 e. The van der Waals surface area contributed by atoms with E-state index >= 15 is 0 Å². The second-order valence-electron chi connectivity index (χ2n) is 4.73. The summed E-state index contributed by atoms with van der Waals surface area (Å²) < 4.78 is 0. The molecule has 0 saturated heterocycles. The topological polar surface area (TPSA) is 46.9 Å². The first-order valence-electron chi connectivity index (χ1n) is 6.81. The summed E-state index contributed by atoms with van der Waals surface area (Å²) in [5.74, 6) is 0. The van der Waals surface area contributed by atoms with Gasteiger partial charge in [-0.15, -0.1) is 0 Å². The number of benzene rings is 2. The Morgan fingerprint density at radius 1 is 0.600 bits per heavy atom. The predicted octanol–water partition coefficient (Wildman–Crippen LogP) is 2.26. The predicted molar refractivity (Wildman–Crippen MR) is 81.1 cm³/mol. The number of aliphatic hydroxyl groups excluding tert-OH is 2. The fraction of sp³-hybridized carbons (Fsp3) is 0.250. The molecule has 1 heterocycles. The molecule has 104 valence electrons. The van der Waals surface area contributed by atoms with Gasteiger partial charge in [0.15, 0.2) is 0 Å². The van der Waals surface area contributed by atoms with E-state index in [1.165, 1.54) is 0 Å². The van der Waals surface area contributed by atoms with E-state index in [0.717, 1.165) is 22.7 Å². The Morgan fingerprint density at radius 2 is 0.900 bits per heavy atom. The van der Waals surface area contributed by atoms with Gasteiger partial charge >= 0.3 is 0 Å². The van der Waals surface area contributed by atoms with Gasteiger partial charge in [-0.25, -0.2) is 0 Å². The number of rotatable bonds is 4. The second-order valence-corrected chi connectivity index (χ2v) is 4.73. The number of aliphatic hydroxyl groups is 2. The van der Waals surface area contributed by atoms with Crippen molar-refractivity contribution >= 4 is 22.7 Å². The lowest BCUT2D eigenvalue weighted by molar-refractivity contribution is 0.303. The monoisotopic (exact) mass is 270 g/mol. The first-order chi connectivity index (χ1) is 9.86. The zero-order chi connectivity index (χ0) is 13.9. The quantitative estimate of drug-likeness (QED) is 0.894. The highest BCUT2D eigenvalue weighted by Gasteiger charge is 2.26. The molecule has 0 atom stereocenters. The van der Waals surface area contributed by atoms with Crippen LogP contribution >= 0.6 is 0 Å². The van der Waals surface area contributed by atoms with Crippen LogP contribution in [0.4, 0.5) is 22.7 Å². The van der Waals surface area contributed by atoms with Gasteiger partial charge in [0.05, 0.1) is 36.0 Å². The molecule has 1 aliphatic heterocycles. The normalized spacial score (nSPS) is 13.1. The average Bonchev–Trinajstić information content (AvgIpc) is 2.50. The van der Waals surface area contributed by atoms with Crippen molar-refractivity contribution in [1.29, 1.82) is 0 Å². The highest BCUT2D eigenvalue weighted by molar-refractivity contribution is 5.93. The maximum absolute atomic E-state index is 9.34. The number of hydrogen-bond acceptors (Lipinski definition) is 4. The fourth-order valence-electron chi connectivity index (χ4n) is 2.78. The smallest absolute Gasteiger partial charge is 0.0653 e. The van der Waals surface area contributed by atoms with Crippen LogP contribution in [0.1, 0.15) is 0 Å². The third-order valence-corrected chi connectivity index (χ3v) is 3.57. The summed E-state index contributed by atoms with van der Waals surface area (Å²) in [6.07, 6.45) is 0. The molecule has 0 fully saturated rings. The molecule has 4 nitrogen and oxygen atoms in total. The lowest BCUT2D eigenvalue weighted by atomic mass is 10.1. The number of hydrogen-bond donors (Lipinski definition) is 2. The van der Waals surface area contributed by atoms with E-state index in [2.05, 4.69) is 9.80 Å². The molecule has 3 rings (SSSR count). The Balaban J connectivity index is 2.17. The molecule has 20 heavy (non-hydrogen) atoms. The van der Waals surface area contributed by atoms with Crippen molar-refractivity contribution in [3.63, 3.8) is 0 Å². The summed E-state index contributed by atoms with van der Waals surface area (Å²) in [6.45, 7) is 1.31. The number of anilines is 4. The summed E-state index contributed by atoms with van der Waals surface area (Å²) in [6, 6.07) is 16.2. The Morgan fingerprint density at radius 3 is 1.15 bits per heavy atom. The molecule has 0 spiro atoms. The highest BCUT2D eigenvalue weighted by atomic mass is 16.3. The van der Waals surface area contributed by atoms with Crippen LogP contribution in [0.2, 0.25) is 0 Å². The highest BCUT2D eigenvalue weighted by Crippen LogP contribution is 2.47. The van der Waals surface area contributed by atoms with E-state index in [1.54, 1.807) is 0 Å². The lowest BCUT2D eigenvalue weighted by Crippen LogP contribution is -2.32. The molecule has 2 N–H and O–H groups in total. The van der Waals surface area contributed by atoms with E-state index in [9.17, 15) is 10.2 Å². The average molecular weight is 270 g/mol. The van der Waals surface area contributed by atoms with Gasteiger partial charge < -0.3 is 20.0 Å². The third-order valence-electron chi connectivity index (χ3n) is 3.57. The SMILES string of the molecule is OCCN1c2ccccc2N(CCO)c2ccccc21. The fourth-order valence-corrected chi connectivity index (χ4v) is 2.78. The summed E-state index contributed by atoms with van der Waals surface area (Å²) in [5, 5.41) is 18.7. The molecule has 0 bridgehead atoms. The van der Waals surface area contributed by atoms with Crippen molar-refractivity contribution in [3.8, 4) is 0 Å². The Bertz CT molecular complexity index is 501. The molecule has 0 aromatic heterocycles. The van der Waals surface area contributed by atoms with Gasteiger partial charge in [0.2, 0.25) is 0 Å². The number of nitrogens with zero attached hydrogens (tertiary/aromatic N) is 2. The summed E-state index contributed by atoms with van der Waals surface area (Å²) >= 11 is 0. The van der Waals surface area contributed by atoms with Crippen molar-refractivity contribution in [2.45, 2.75) is 0 Å². The Labute approximate surface area is 118 Å². The van der Waals surface area contributed by atoms with Crippen LogP contribution in [0, 0.1) is 0 Å². The summed E-state index contributed by atoms with van der Waals surface area (Å²) in [4.78, 5) is 4.25. The molecule has 0 radical (unpaired) electrons. The van der Waals surface area contributed by atoms with Crippen molar-refractivity contribution in [3.05, 3.63) is 48.5 Å². The van der Waals surface area contributed by atoms with Gasteiger partial charge in [-0.1, -0.05) is 24.3 Å². The lowest BCUT2D eigenvalue weighted by Gasteiger charge is -2.39. The minimum Gasteiger partial charge on any atom is -0.395 e. The summed E-state index contributed by atoms with van der Waals surface area (Å²) in [7, 11) is 0. The van der Waals surface area contributed by atoms with Gasteiger partial charge in [0, 0.05) is 13.1 Å². The molecule has 2 aromatic rings. The molecule has 0 saturated carbocycles. The molecule has 1 aliphatic rings. The number of β-amino-alcohol motifs (C(OH)–C–C–N with tert-alkyl or cyclic N) is 2. The van der Waals surface area contributed by atoms with Gasteiger partial charge in [-0.2, -0.15) is 0 Å². The molecule has 0 unspecified atom stereocenters. The van der Waals surface area contributed by atoms with E-state index in [-0.39, 0.29) is 13.2 Å². The zero-order valence-electron chi connectivity index (χ0n) is 11.2. The van der Waals surface area contributed by atoms with Gasteiger partial charge in [-0.05, 0) is 24.3 Å². The van der Waals surface area contributed by atoms with E-state index < -0.39 is 0 Å². The van der Waals surface area contributed by atoms with Crippen LogP contribution < -0.4 is 9.80 Å².